The second kappa shape index (κ2) is 18.4. The fourth-order valence-electron chi connectivity index (χ4n) is 4.66. The van der Waals surface area contributed by atoms with Gasteiger partial charge >= 0.3 is 11.9 Å². The molecule has 4 rings (SSSR count). The number of carboxylic acid groups (broad SMARTS) is 1. The van der Waals surface area contributed by atoms with E-state index in [0.29, 0.717) is 62.3 Å². The monoisotopic (exact) mass is 620 g/mol. The number of carbonyl (C=O) groups excluding carboxylic acids is 2. The molecule has 0 heterocycles. The summed E-state index contributed by atoms with van der Waals surface area (Å²) in [5, 5.41) is 15.8. The van der Waals surface area contributed by atoms with Gasteiger partial charge in [-0.3, -0.25) is 4.79 Å². The number of carbonyl (C=O) groups is 3. The van der Waals surface area contributed by atoms with Crippen molar-refractivity contribution in [2.24, 2.45) is 0 Å². The van der Waals surface area contributed by atoms with Gasteiger partial charge in [-0.05, 0) is 79.6 Å². The lowest BCUT2D eigenvalue weighted by Crippen LogP contribution is -2.30. The average Bonchev–Trinajstić information content (AvgIpc) is 3.08. The number of aryl methyl sites for hydroxylation is 1. The first-order valence-corrected chi connectivity index (χ1v) is 15.5. The number of nitrogens with one attached hydrogen (secondary N) is 2. The van der Waals surface area contributed by atoms with Gasteiger partial charge in [0.25, 0.3) is 0 Å². The smallest absolute Gasteiger partial charge is 0.343 e. The number of carboxylic acids is 1. The lowest BCUT2D eigenvalue weighted by atomic mass is 10.0. The zero-order chi connectivity index (χ0) is 32.4. The summed E-state index contributed by atoms with van der Waals surface area (Å²) in [5.74, 6) is -0.529. The van der Waals surface area contributed by atoms with E-state index < -0.39 is 18.0 Å². The molecule has 0 aliphatic rings. The summed E-state index contributed by atoms with van der Waals surface area (Å²) in [6.45, 7) is 1.01. The number of hydrogen-bond acceptors (Lipinski definition) is 6. The summed E-state index contributed by atoms with van der Waals surface area (Å²) >= 11 is 0. The van der Waals surface area contributed by atoms with Crippen molar-refractivity contribution >= 4 is 23.5 Å². The van der Waals surface area contributed by atoms with Crippen molar-refractivity contribution in [2.45, 2.75) is 44.6 Å². The largest absolute Gasteiger partial charge is 0.494 e. The lowest BCUT2D eigenvalue weighted by Gasteiger charge is -2.18. The van der Waals surface area contributed by atoms with E-state index in [0.717, 1.165) is 12.0 Å². The van der Waals surface area contributed by atoms with Gasteiger partial charge in [-0.25, -0.2) is 9.59 Å². The molecule has 0 aliphatic carbocycles. The molecule has 3 N–H and O–H groups in total. The first-order valence-electron chi connectivity index (χ1n) is 15.5. The van der Waals surface area contributed by atoms with Crippen molar-refractivity contribution in [3.8, 4) is 11.5 Å². The van der Waals surface area contributed by atoms with Crippen LogP contribution in [0.4, 0.5) is 5.69 Å². The van der Waals surface area contributed by atoms with Crippen LogP contribution in [0.25, 0.3) is 0 Å². The molecule has 1 amide bonds. The molecule has 0 radical (unpaired) electrons. The van der Waals surface area contributed by atoms with Crippen molar-refractivity contribution in [1.29, 1.82) is 0 Å². The summed E-state index contributed by atoms with van der Waals surface area (Å²) in [4.78, 5) is 36.7. The molecule has 0 saturated carbocycles. The van der Waals surface area contributed by atoms with E-state index in [1.165, 1.54) is 5.56 Å². The average molecular weight is 621 g/mol. The van der Waals surface area contributed by atoms with Gasteiger partial charge in [-0.15, -0.1) is 0 Å². The van der Waals surface area contributed by atoms with E-state index in [4.69, 9.17) is 9.47 Å². The second-order valence-electron chi connectivity index (χ2n) is 10.7. The van der Waals surface area contributed by atoms with Crippen LogP contribution in [0.5, 0.6) is 11.5 Å². The molecular formula is C38H40N2O6. The molecule has 46 heavy (non-hydrogen) atoms. The predicted octanol–water partition coefficient (Wildman–Crippen LogP) is 6.87. The fourth-order valence-corrected chi connectivity index (χ4v) is 4.66. The molecule has 238 valence electrons. The second-order valence-corrected chi connectivity index (χ2v) is 10.7. The number of anilines is 1. The highest BCUT2D eigenvalue weighted by Gasteiger charge is 2.20. The number of ether oxygens (including phenoxy) is 2. The van der Waals surface area contributed by atoms with E-state index in [2.05, 4.69) is 28.8 Å². The molecule has 0 bridgehead atoms. The molecule has 8 heteroatoms. The highest BCUT2D eigenvalue weighted by molar-refractivity contribution is 5.92. The number of para-hydroxylation sites is 2. The van der Waals surface area contributed by atoms with Crippen molar-refractivity contribution in [1.82, 2.24) is 5.32 Å². The molecule has 0 fully saturated rings. The summed E-state index contributed by atoms with van der Waals surface area (Å²) in [7, 11) is 0. The molecule has 1 unspecified atom stereocenters. The Bertz CT molecular complexity index is 1560. The molecule has 4 aromatic carbocycles. The van der Waals surface area contributed by atoms with Crippen molar-refractivity contribution in [3.05, 3.63) is 138 Å². The van der Waals surface area contributed by atoms with Crippen LogP contribution in [0.15, 0.2) is 121 Å². The van der Waals surface area contributed by atoms with Gasteiger partial charge in [0.15, 0.2) is 5.75 Å². The van der Waals surface area contributed by atoms with Crippen LogP contribution in [-0.2, 0) is 22.4 Å². The number of hydrogen-bond donors (Lipinski definition) is 3. The Morgan fingerprint density at radius 2 is 1.48 bits per heavy atom. The van der Waals surface area contributed by atoms with Crippen LogP contribution >= 0.6 is 0 Å². The van der Waals surface area contributed by atoms with Crippen LogP contribution in [0.2, 0.25) is 0 Å². The maximum Gasteiger partial charge on any atom is 0.343 e. The normalized spacial score (nSPS) is 11.5. The zero-order valence-electron chi connectivity index (χ0n) is 25.8. The minimum absolute atomic E-state index is 0.0274. The van der Waals surface area contributed by atoms with Crippen molar-refractivity contribution in [2.75, 3.05) is 18.5 Å². The Kier molecular flexibility index (Phi) is 13.4. The lowest BCUT2D eigenvalue weighted by molar-refractivity contribution is -0.138. The molecule has 0 spiro atoms. The van der Waals surface area contributed by atoms with Crippen LogP contribution in [-0.4, -0.2) is 42.1 Å². The summed E-state index contributed by atoms with van der Waals surface area (Å²) < 4.78 is 11.4. The quantitative estimate of drug-likeness (QED) is 0.0482. The highest BCUT2D eigenvalue weighted by atomic mass is 16.5. The third kappa shape index (κ3) is 11.6. The van der Waals surface area contributed by atoms with Gasteiger partial charge in [0.2, 0.25) is 5.91 Å². The molecule has 0 aromatic heterocycles. The number of esters is 1. The molecule has 8 nitrogen and oxygen atoms in total. The number of benzene rings is 4. The zero-order valence-corrected chi connectivity index (χ0v) is 25.8. The third-order valence-corrected chi connectivity index (χ3v) is 7.19. The first-order chi connectivity index (χ1) is 22.5. The maximum atomic E-state index is 12.5. The highest BCUT2D eigenvalue weighted by Crippen LogP contribution is 2.26. The van der Waals surface area contributed by atoms with Crippen molar-refractivity contribution in [3.63, 3.8) is 0 Å². The Hall–Kier alpha value is -5.37. The van der Waals surface area contributed by atoms with Gasteiger partial charge in [-0.1, -0.05) is 84.9 Å². The number of rotatable bonds is 18. The van der Waals surface area contributed by atoms with Gasteiger partial charge in [0.1, 0.15) is 11.8 Å². The predicted molar refractivity (Wildman–Crippen MR) is 179 cm³/mol. The molecule has 0 saturated heterocycles. The minimum Gasteiger partial charge on any atom is -0.494 e. The number of aliphatic carboxylic acids is 1. The van der Waals surface area contributed by atoms with Gasteiger partial charge in [0.05, 0.1) is 17.9 Å². The topological polar surface area (TPSA) is 114 Å². The Labute approximate surface area is 270 Å². The summed E-state index contributed by atoms with van der Waals surface area (Å²) in [5.41, 5.74) is 3.05. The van der Waals surface area contributed by atoms with E-state index in [1.54, 1.807) is 48.5 Å². The van der Waals surface area contributed by atoms with Crippen LogP contribution < -0.4 is 20.1 Å². The Balaban J connectivity index is 1.14. The van der Waals surface area contributed by atoms with E-state index >= 15 is 0 Å². The van der Waals surface area contributed by atoms with E-state index in [-0.39, 0.29) is 11.7 Å². The van der Waals surface area contributed by atoms with Gasteiger partial charge < -0.3 is 25.2 Å². The third-order valence-electron chi connectivity index (χ3n) is 7.19. The van der Waals surface area contributed by atoms with Gasteiger partial charge in [-0.2, -0.15) is 0 Å². The maximum absolute atomic E-state index is 12.5. The van der Waals surface area contributed by atoms with Crippen LogP contribution in [0.1, 0.15) is 47.2 Å². The Morgan fingerprint density at radius 3 is 2.22 bits per heavy atom. The standard InChI is InChI=1S/C38H40N2O6/c41-36(20-9-2-6-15-29-13-4-1-5-14-29)39-27-12-28-45-32-24-21-30(22-25-32)23-26-34(37(42)43)40-33-18-10-11-19-35(33)46-38(44)31-16-7-3-8-17-31/h1-8,10-11,13-14,16-19,21-22,24-25,34,40H,9,12,15,20,23,26-28H2,(H,39,41)(H,42,43). The SMILES string of the molecule is O=C(CCC=CCc1ccccc1)NCCCOc1ccc(CCC(Nc2ccccc2OC(=O)c2ccccc2)C(=O)O)cc1. The van der Waals surface area contributed by atoms with E-state index in [1.807, 2.05) is 54.6 Å². The molecular weight excluding hydrogens is 580 g/mol. The van der Waals surface area contributed by atoms with Crippen LogP contribution in [0.3, 0.4) is 0 Å². The first kappa shape index (κ1) is 33.5. The minimum atomic E-state index is -1.00. The van der Waals surface area contributed by atoms with E-state index in [9.17, 15) is 19.5 Å². The number of amides is 1. The number of allylic oxidation sites excluding steroid dienone is 2. The van der Waals surface area contributed by atoms with Crippen molar-refractivity contribution < 1.29 is 29.0 Å². The molecule has 4 aromatic rings. The Morgan fingerprint density at radius 1 is 0.783 bits per heavy atom. The van der Waals surface area contributed by atoms with Crippen LogP contribution in [0, 0.1) is 0 Å². The fraction of sp³-hybridized carbons (Fsp3) is 0.237. The summed E-state index contributed by atoms with van der Waals surface area (Å²) in [6, 6.07) is 32.3. The molecule has 0 aliphatic heterocycles. The molecule has 1 atom stereocenters. The summed E-state index contributed by atoms with van der Waals surface area (Å²) in [6.07, 6.45) is 7.70. The van der Waals surface area contributed by atoms with Gasteiger partial charge in [0, 0.05) is 13.0 Å².